The largest absolute Gasteiger partial charge is 0.490 e. The van der Waals surface area contributed by atoms with Crippen molar-refractivity contribution >= 4 is 5.97 Å². The zero-order valence-electron chi connectivity index (χ0n) is 25.5. The molecule has 0 aliphatic rings. The number of hydrogen-bond acceptors (Lipinski definition) is 3. The van der Waals surface area contributed by atoms with Crippen molar-refractivity contribution in [1.82, 2.24) is 0 Å². The molecular formula is C35H56NO3+. The Kier molecular flexibility index (Phi) is 16.6. The topological polar surface area (TPSA) is 35.5 Å². The molecule has 0 saturated carbocycles. The molecule has 39 heavy (non-hydrogen) atoms. The molecule has 0 aromatic heterocycles. The molecule has 2 rings (SSSR count). The van der Waals surface area contributed by atoms with E-state index in [4.69, 9.17) is 9.47 Å². The molecule has 0 N–H and O–H groups in total. The number of aryl methyl sites for hydroxylation is 1. The standard InChI is InChI=1S/C35H56NO3/c1-5-7-8-9-10-11-12-13-14-15-16-18-22-31-25-21-26-33(29-31)38-27-28-39-35(37)34(6-2)36(3,4)30-32-23-19-17-20-24-32/h17,19-21,23-26,29,34H,5-16,18,22,27-28,30H2,1-4H3/q+1. The first-order valence-corrected chi connectivity index (χ1v) is 15.7. The number of likely N-dealkylation sites (N-methyl/N-ethyl adjacent to an activating group) is 1. The lowest BCUT2D eigenvalue weighted by atomic mass is 10.0. The van der Waals surface area contributed by atoms with Crippen molar-refractivity contribution in [1.29, 1.82) is 0 Å². The van der Waals surface area contributed by atoms with Crippen LogP contribution in [0.1, 0.15) is 108 Å². The monoisotopic (exact) mass is 538 g/mol. The van der Waals surface area contributed by atoms with E-state index in [0.29, 0.717) is 11.1 Å². The SMILES string of the molecule is CCCCCCCCCCCCCCc1cccc(OCCOC(=O)C(CC)[N+](C)(C)Cc2ccccc2)c1. The molecule has 4 heteroatoms. The van der Waals surface area contributed by atoms with Gasteiger partial charge in [0.15, 0.2) is 6.04 Å². The van der Waals surface area contributed by atoms with Gasteiger partial charge in [0.1, 0.15) is 25.5 Å². The summed E-state index contributed by atoms with van der Waals surface area (Å²) in [6.45, 7) is 5.76. The van der Waals surface area contributed by atoms with Crippen molar-refractivity contribution in [2.24, 2.45) is 0 Å². The first kappa shape index (κ1) is 32.9. The third-order valence-corrected chi connectivity index (χ3v) is 7.75. The van der Waals surface area contributed by atoms with Gasteiger partial charge in [0, 0.05) is 12.0 Å². The molecule has 218 valence electrons. The molecule has 4 nitrogen and oxygen atoms in total. The van der Waals surface area contributed by atoms with Crippen molar-refractivity contribution in [2.45, 2.75) is 116 Å². The number of unbranched alkanes of at least 4 members (excludes halogenated alkanes) is 11. The number of esters is 1. The molecule has 1 unspecified atom stereocenters. The van der Waals surface area contributed by atoms with Gasteiger partial charge in [-0.15, -0.1) is 0 Å². The third kappa shape index (κ3) is 14.0. The zero-order valence-corrected chi connectivity index (χ0v) is 25.5. The van der Waals surface area contributed by atoms with E-state index >= 15 is 0 Å². The first-order chi connectivity index (χ1) is 19.0. The highest BCUT2D eigenvalue weighted by atomic mass is 16.6. The highest BCUT2D eigenvalue weighted by molar-refractivity contribution is 5.74. The molecule has 0 spiro atoms. The van der Waals surface area contributed by atoms with Crippen molar-refractivity contribution in [3.63, 3.8) is 0 Å². The lowest BCUT2D eigenvalue weighted by Gasteiger charge is -2.36. The summed E-state index contributed by atoms with van der Waals surface area (Å²) in [5.41, 5.74) is 2.54. The van der Waals surface area contributed by atoms with Gasteiger partial charge in [-0.25, -0.2) is 4.79 Å². The molecule has 1 atom stereocenters. The van der Waals surface area contributed by atoms with Crippen molar-refractivity contribution in [2.75, 3.05) is 27.3 Å². The van der Waals surface area contributed by atoms with Crippen LogP contribution in [-0.4, -0.2) is 43.8 Å². The van der Waals surface area contributed by atoms with Crippen LogP contribution in [0.2, 0.25) is 0 Å². The van der Waals surface area contributed by atoms with Gasteiger partial charge in [-0.1, -0.05) is 127 Å². The first-order valence-electron chi connectivity index (χ1n) is 15.7. The number of carbonyl (C=O) groups is 1. The van der Waals surface area contributed by atoms with Gasteiger partial charge < -0.3 is 14.0 Å². The second-order valence-electron chi connectivity index (χ2n) is 11.6. The predicted molar refractivity (Wildman–Crippen MR) is 164 cm³/mol. The van der Waals surface area contributed by atoms with Crippen LogP contribution in [0.3, 0.4) is 0 Å². The van der Waals surface area contributed by atoms with Gasteiger partial charge in [-0.05, 0) is 30.5 Å². The van der Waals surface area contributed by atoms with Crippen LogP contribution in [0.4, 0.5) is 0 Å². The molecule has 2 aromatic carbocycles. The van der Waals surface area contributed by atoms with Crippen LogP contribution < -0.4 is 4.74 Å². The smallest absolute Gasteiger partial charge is 0.365 e. The maximum Gasteiger partial charge on any atom is 0.365 e. The van der Waals surface area contributed by atoms with Gasteiger partial charge in [-0.3, -0.25) is 0 Å². The van der Waals surface area contributed by atoms with Crippen molar-refractivity contribution in [3.8, 4) is 5.75 Å². The van der Waals surface area contributed by atoms with Crippen LogP contribution >= 0.6 is 0 Å². The Morgan fingerprint density at radius 1 is 0.718 bits per heavy atom. The lowest BCUT2D eigenvalue weighted by molar-refractivity contribution is -0.919. The van der Waals surface area contributed by atoms with E-state index in [9.17, 15) is 4.79 Å². The van der Waals surface area contributed by atoms with E-state index in [2.05, 4.69) is 58.3 Å². The summed E-state index contributed by atoms with van der Waals surface area (Å²) in [5, 5.41) is 0. The minimum absolute atomic E-state index is 0.150. The van der Waals surface area contributed by atoms with E-state index < -0.39 is 0 Å². The molecule has 0 bridgehead atoms. The third-order valence-electron chi connectivity index (χ3n) is 7.75. The Hall–Kier alpha value is -2.33. The molecule has 2 aromatic rings. The van der Waals surface area contributed by atoms with Gasteiger partial charge in [0.2, 0.25) is 0 Å². The number of hydrogen-bond donors (Lipinski definition) is 0. The number of ether oxygens (including phenoxy) is 2. The number of rotatable bonds is 22. The van der Waals surface area contributed by atoms with E-state index in [1.807, 2.05) is 24.3 Å². The van der Waals surface area contributed by atoms with Crippen LogP contribution in [0.25, 0.3) is 0 Å². The second-order valence-corrected chi connectivity index (χ2v) is 11.6. The molecular weight excluding hydrogens is 482 g/mol. The maximum absolute atomic E-state index is 12.9. The normalized spacial score (nSPS) is 12.3. The van der Waals surface area contributed by atoms with Crippen LogP contribution in [0, 0.1) is 0 Å². The fraction of sp³-hybridized carbons (Fsp3) is 0.629. The Labute approximate surface area is 239 Å². The van der Waals surface area contributed by atoms with E-state index in [1.165, 1.54) is 88.2 Å². The van der Waals surface area contributed by atoms with Crippen LogP contribution in [0.15, 0.2) is 54.6 Å². The number of carbonyl (C=O) groups excluding carboxylic acids is 1. The summed E-state index contributed by atoms with van der Waals surface area (Å²) in [6, 6.07) is 18.5. The van der Waals surface area contributed by atoms with E-state index in [1.54, 1.807) is 0 Å². The summed E-state index contributed by atoms with van der Waals surface area (Å²) >= 11 is 0. The molecule has 0 amide bonds. The van der Waals surface area contributed by atoms with E-state index in [-0.39, 0.29) is 18.6 Å². The van der Waals surface area contributed by atoms with Gasteiger partial charge in [-0.2, -0.15) is 0 Å². The Balaban J connectivity index is 1.59. The summed E-state index contributed by atoms with van der Waals surface area (Å²) < 4.78 is 12.1. The molecule has 0 aliphatic carbocycles. The van der Waals surface area contributed by atoms with Gasteiger partial charge >= 0.3 is 5.97 Å². The number of nitrogens with zero attached hydrogens (tertiary/aromatic N) is 1. The molecule has 0 aliphatic heterocycles. The van der Waals surface area contributed by atoms with Gasteiger partial charge in [0.05, 0.1) is 14.1 Å². The number of quaternary nitrogens is 1. The minimum atomic E-state index is -0.205. The molecule has 0 radical (unpaired) electrons. The van der Waals surface area contributed by atoms with E-state index in [0.717, 1.165) is 25.1 Å². The number of benzene rings is 2. The average molecular weight is 539 g/mol. The summed E-state index contributed by atoms with van der Waals surface area (Å²) in [4.78, 5) is 12.9. The van der Waals surface area contributed by atoms with Gasteiger partial charge in [0.25, 0.3) is 0 Å². The highest BCUT2D eigenvalue weighted by Crippen LogP contribution is 2.19. The maximum atomic E-state index is 12.9. The second kappa shape index (κ2) is 19.7. The van der Waals surface area contributed by atoms with Crippen LogP contribution in [-0.2, 0) is 22.5 Å². The zero-order chi connectivity index (χ0) is 28.2. The Bertz CT molecular complexity index is 896. The average Bonchev–Trinajstić information content (AvgIpc) is 2.92. The summed E-state index contributed by atoms with van der Waals surface area (Å²) in [7, 11) is 4.20. The molecule has 0 heterocycles. The van der Waals surface area contributed by atoms with Crippen LogP contribution in [0.5, 0.6) is 5.75 Å². The van der Waals surface area contributed by atoms with Crippen molar-refractivity contribution < 1.29 is 18.8 Å². The minimum Gasteiger partial charge on any atom is -0.490 e. The summed E-state index contributed by atoms with van der Waals surface area (Å²) in [5.74, 6) is 0.706. The lowest BCUT2D eigenvalue weighted by Crippen LogP contribution is -2.52. The summed E-state index contributed by atoms with van der Waals surface area (Å²) in [6.07, 6.45) is 18.3. The molecule has 0 saturated heterocycles. The Morgan fingerprint density at radius 3 is 1.92 bits per heavy atom. The predicted octanol–water partition coefficient (Wildman–Crippen LogP) is 8.91. The quantitative estimate of drug-likeness (QED) is 0.0853. The molecule has 0 fully saturated rings. The Morgan fingerprint density at radius 2 is 1.31 bits per heavy atom. The fourth-order valence-electron chi connectivity index (χ4n) is 5.47. The van der Waals surface area contributed by atoms with Crippen molar-refractivity contribution in [3.05, 3.63) is 65.7 Å². The fourth-order valence-corrected chi connectivity index (χ4v) is 5.47. The highest BCUT2D eigenvalue weighted by Gasteiger charge is 2.34.